The lowest BCUT2D eigenvalue weighted by Crippen LogP contribution is -2.57. The van der Waals surface area contributed by atoms with E-state index < -0.39 is 5.60 Å². The van der Waals surface area contributed by atoms with Crippen LogP contribution in [0.4, 0.5) is 10.5 Å². The molecule has 1 aromatic carbocycles. The largest absolute Gasteiger partial charge is 0.444 e. The topological polar surface area (TPSA) is 95.5 Å². The summed E-state index contributed by atoms with van der Waals surface area (Å²) in [6.07, 6.45) is 1.09. The molecule has 0 radical (unpaired) electrons. The van der Waals surface area contributed by atoms with E-state index in [0.717, 1.165) is 30.1 Å². The molecule has 3 aliphatic heterocycles. The van der Waals surface area contributed by atoms with Gasteiger partial charge in [0.25, 0.3) is 5.91 Å². The molecule has 9 heteroatoms. The van der Waals surface area contributed by atoms with E-state index in [4.69, 9.17) is 9.47 Å². The lowest BCUT2D eigenvalue weighted by Gasteiger charge is -2.39. The molecule has 1 aromatic rings. The van der Waals surface area contributed by atoms with Gasteiger partial charge in [-0.1, -0.05) is 12.1 Å². The zero-order valence-corrected chi connectivity index (χ0v) is 19.1. The Morgan fingerprint density at radius 2 is 2.12 bits per heavy atom. The zero-order chi connectivity index (χ0) is 22.7. The van der Waals surface area contributed by atoms with Crippen LogP contribution < -0.4 is 10.6 Å². The fourth-order valence-corrected chi connectivity index (χ4v) is 4.17. The van der Waals surface area contributed by atoms with Gasteiger partial charge in [-0.25, -0.2) is 4.79 Å². The molecule has 3 aliphatic rings. The summed E-state index contributed by atoms with van der Waals surface area (Å²) in [7, 11) is 0. The van der Waals surface area contributed by atoms with Gasteiger partial charge in [-0.3, -0.25) is 9.79 Å². The molecular formula is C23H33N5O4. The van der Waals surface area contributed by atoms with E-state index in [2.05, 4.69) is 20.5 Å². The number of fused-ring (bicyclic) bond motifs is 1. The number of hydrogen-bond acceptors (Lipinski definition) is 7. The number of carbonyl (C=O) groups excluding carboxylic acids is 2. The minimum atomic E-state index is -0.495. The SMILES string of the molecule is CC(C)(C)OC(=O)N1CCN2C(NCc3cccc(NC(=O)C4CCCO4)c3)=NCC2C1. The van der Waals surface area contributed by atoms with E-state index in [-0.39, 0.29) is 24.1 Å². The summed E-state index contributed by atoms with van der Waals surface area (Å²) in [4.78, 5) is 33.3. The van der Waals surface area contributed by atoms with Gasteiger partial charge in [0.15, 0.2) is 5.96 Å². The van der Waals surface area contributed by atoms with Crippen LogP contribution in [0.1, 0.15) is 39.2 Å². The number of rotatable bonds is 4. The maximum absolute atomic E-state index is 12.4. The highest BCUT2D eigenvalue weighted by Crippen LogP contribution is 2.20. The fourth-order valence-electron chi connectivity index (χ4n) is 4.17. The van der Waals surface area contributed by atoms with Crippen LogP contribution in [0.2, 0.25) is 0 Å². The first-order chi connectivity index (χ1) is 15.3. The first kappa shape index (κ1) is 22.4. The standard InChI is InChI=1S/C23H33N5O4/c1-23(2,3)32-22(30)27-9-10-28-18(15-27)14-25-21(28)24-13-16-6-4-7-17(12-16)26-20(29)19-8-5-11-31-19/h4,6-7,12,18-19H,5,8-11,13-15H2,1-3H3,(H,24,25)(H,26,29). The van der Waals surface area contributed by atoms with Crippen LogP contribution in [0.3, 0.4) is 0 Å². The van der Waals surface area contributed by atoms with E-state index in [1.165, 1.54) is 0 Å². The molecule has 3 heterocycles. The predicted molar refractivity (Wildman–Crippen MR) is 121 cm³/mol. The maximum atomic E-state index is 12.4. The number of amides is 2. The molecule has 0 bridgehead atoms. The Bertz CT molecular complexity index is 875. The molecule has 0 spiro atoms. The van der Waals surface area contributed by atoms with Gasteiger partial charge in [0, 0.05) is 38.5 Å². The normalized spacial score (nSPS) is 22.9. The quantitative estimate of drug-likeness (QED) is 0.741. The summed E-state index contributed by atoms with van der Waals surface area (Å²) < 4.78 is 11.0. The van der Waals surface area contributed by atoms with Crippen molar-refractivity contribution >= 4 is 23.6 Å². The van der Waals surface area contributed by atoms with Gasteiger partial charge in [0.2, 0.25) is 0 Å². The Balaban J connectivity index is 1.27. The molecule has 2 fully saturated rings. The summed E-state index contributed by atoms with van der Waals surface area (Å²) in [6, 6.07) is 7.96. The third-order valence-corrected chi connectivity index (χ3v) is 5.73. The molecule has 2 atom stereocenters. The second-order valence-corrected chi connectivity index (χ2v) is 9.48. The van der Waals surface area contributed by atoms with Crippen LogP contribution in [-0.4, -0.2) is 78.3 Å². The molecule has 0 aromatic heterocycles. The number of nitrogens with one attached hydrogen (secondary N) is 2. The monoisotopic (exact) mass is 443 g/mol. The second-order valence-electron chi connectivity index (χ2n) is 9.48. The van der Waals surface area contributed by atoms with Crippen molar-refractivity contribution in [2.75, 3.05) is 38.1 Å². The van der Waals surface area contributed by atoms with Crippen molar-refractivity contribution in [3.05, 3.63) is 29.8 Å². The number of guanidine groups is 1. The van der Waals surface area contributed by atoms with Gasteiger partial charge in [-0.2, -0.15) is 0 Å². The number of hydrogen-bond donors (Lipinski definition) is 2. The highest BCUT2D eigenvalue weighted by Gasteiger charge is 2.36. The van der Waals surface area contributed by atoms with E-state index in [9.17, 15) is 9.59 Å². The number of piperazine rings is 1. The summed E-state index contributed by atoms with van der Waals surface area (Å²) in [5.74, 6) is 0.770. The zero-order valence-electron chi connectivity index (χ0n) is 19.1. The van der Waals surface area contributed by atoms with Crippen LogP contribution in [0, 0.1) is 0 Å². The second kappa shape index (κ2) is 9.36. The van der Waals surface area contributed by atoms with Gasteiger partial charge < -0.3 is 29.9 Å². The molecule has 2 amide bonds. The Kier molecular flexibility index (Phi) is 6.55. The van der Waals surface area contributed by atoms with Crippen molar-refractivity contribution in [2.24, 2.45) is 4.99 Å². The molecule has 2 unspecified atom stereocenters. The molecule has 0 aliphatic carbocycles. The molecular weight excluding hydrogens is 410 g/mol. The molecule has 9 nitrogen and oxygen atoms in total. The lowest BCUT2D eigenvalue weighted by molar-refractivity contribution is -0.124. The third-order valence-electron chi connectivity index (χ3n) is 5.73. The summed E-state index contributed by atoms with van der Waals surface area (Å²) in [5, 5.41) is 6.37. The van der Waals surface area contributed by atoms with E-state index >= 15 is 0 Å². The van der Waals surface area contributed by atoms with Gasteiger partial charge >= 0.3 is 6.09 Å². The smallest absolute Gasteiger partial charge is 0.410 e. The van der Waals surface area contributed by atoms with Crippen molar-refractivity contribution in [3.63, 3.8) is 0 Å². The Labute approximate surface area is 189 Å². The van der Waals surface area contributed by atoms with Gasteiger partial charge in [-0.05, 0) is 51.3 Å². The average Bonchev–Trinajstić information content (AvgIpc) is 3.41. The highest BCUT2D eigenvalue weighted by molar-refractivity contribution is 5.94. The maximum Gasteiger partial charge on any atom is 0.410 e. The van der Waals surface area contributed by atoms with Crippen LogP contribution in [0.15, 0.2) is 29.3 Å². The van der Waals surface area contributed by atoms with Gasteiger partial charge in [0.1, 0.15) is 11.7 Å². The molecule has 32 heavy (non-hydrogen) atoms. The average molecular weight is 444 g/mol. The number of ether oxygens (including phenoxy) is 2. The highest BCUT2D eigenvalue weighted by atomic mass is 16.6. The molecule has 2 saturated heterocycles. The van der Waals surface area contributed by atoms with Crippen molar-refractivity contribution in [1.82, 2.24) is 15.1 Å². The van der Waals surface area contributed by atoms with Gasteiger partial charge in [0.05, 0.1) is 12.6 Å². The third kappa shape index (κ3) is 5.51. The van der Waals surface area contributed by atoms with Crippen molar-refractivity contribution in [1.29, 1.82) is 0 Å². The van der Waals surface area contributed by atoms with Crippen molar-refractivity contribution < 1.29 is 19.1 Å². The van der Waals surface area contributed by atoms with Crippen LogP contribution in [0.5, 0.6) is 0 Å². The number of nitrogens with zero attached hydrogens (tertiary/aromatic N) is 3. The number of carbonyl (C=O) groups is 2. The number of aliphatic imine (C=N–C) groups is 1. The van der Waals surface area contributed by atoms with Crippen molar-refractivity contribution in [3.8, 4) is 0 Å². The summed E-state index contributed by atoms with van der Waals surface area (Å²) in [5.41, 5.74) is 1.32. The molecule has 4 rings (SSSR count). The lowest BCUT2D eigenvalue weighted by atomic mass is 10.1. The van der Waals surface area contributed by atoms with E-state index in [1.807, 2.05) is 45.0 Å². The summed E-state index contributed by atoms with van der Waals surface area (Å²) >= 11 is 0. The minimum absolute atomic E-state index is 0.0847. The number of anilines is 1. The first-order valence-corrected chi connectivity index (χ1v) is 11.3. The van der Waals surface area contributed by atoms with Crippen LogP contribution in [0.25, 0.3) is 0 Å². The minimum Gasteiger partial charge on any atom is -0.444 e. The molecule has 174 valence electrons. The first-order valence-electron chi connectivity index (χ1n) is 11.3. The molecule has 2 N–H and O–H groups in total. The fraction of sp³-hybridized carbons (Fsp3) is 0.609. The van der Waals surface area contributed by atoms with Gasteiger partial charge in [-0.15, -0.1) is 0 Å². The Hall–Kier alpha value is -2.81. The predicted octanol–water partition coefficient (Wildman–Crippen LogP) is 2.18. The van der Waals surface area contributed by atoms with Crippen molar-refractivity contribution in [2.45, 2.75) is 57.9 Å². The van der Waals surface area contributed by atoms with Crippen LogP contribution in [-0.2, 0) is 20.8 Å². The number of benzene rings is 1. The molecule has 0 saturated carbocycles. The Morgan fingerprint density at radius 1 is 1.28 bits per heavy atom. The summed E-state index contributed by atoms with van der Waals surface area (Å²) in [6.45, 7) is 9.47. The van der Waals surface area contributed by atoms with E-state index in [1.54, 1.807) is 4.90 Å². The Morgan fingerprint density at radius 3 is 2.88 bits per heavy atom. The van der Waals surface area contributed by atoms with Crippen LogP contribution >= 0.6 is 0 Å². The van der Waals surface area contributed by atoms with E-state index in [0.29, 0.717) is 39.3 Å².